The van der Waals surface area contributed by atoms with Crippen LogP contribution in [-0.4, -0.2) is 146 Å². The summed E-state index contributed by atoms with van der Waals surface area (Å²) in [6.45, 7) is 7.51. The number of rotatable bonds is 24. The Morgan fingerprint density at radius 2 is 1.10 bits per heavy atom. The van der Waals surface area contributed by atoms with Crippen molar-refractivity contribution >= 4 is 35.4 Å². The monoisotopic (exact) mass is 1140 g/mol. The van der Waals surface area contributed by atoms with Gasteiger partial charge in [0, 0.05) is 25.2 Å². The average Bonchev–Trinajstić information content (AvgIpc) is 4.53. The van der Waals surface area contributed by atoms with Crippen molar-refractivity contribution in [3.63, 3.8) is 0 Å². The van der Waals surface area contributed by atoms with Gasteiger partial charge in [-0.15, -0.1) is 5.10 Å². The topological polar surface area (TPSA) is 240 Å². The maximum Gasteiger partial charge on any atom is 0.246 e. The van der Waals surface area contributed by atoms with Crippen molar-refractivity contribution in [3.8, 4) is 0 Å². The second kappa shape index (κ2) is 28.5. The normalized spacial score (nSPS) is 25.0. The summed E-state index contributed by atoms with van der Waals surface area (Å²) in [6.07, 6.45) is 16.5. The Balaban J connectivity index is 0.727. The first-order chi connectivity index (χ1) is 40.2. The molecule has 5 aliphatic rings. The SMILES string of the molecule is CN[C@@H](C)C(=O)N[C@H]1CCCC[C@H]2CC[C@@H](C(=O)N[C@@H](c3ccccc3)c3cn(CCCCc4ccc(CCCCN5CC(C)([C@@H](NC(=O)[C@@H]6CC[C@@H]7CCCC[C@H](NC(=O)[C@H](C)NC)C(=O)N76)c6ccccc6)N=N5)cc4)nn3)N2C1=O. The number of aryl methyl sites for hydroxylation is 3. The third-order valence-corrected chi connectivity index (χ3v) is 18.0. The Morgan fingerprint density at radius 1 is 0.602 bits per heavy atom. The van der Waals surface area contributed by atoms with Gasteiger partial charge >= 0.3 is 0 Å². The van der Waals surface area contributed by atoms with Gasteiger partial charge in [-0.2, -0.15) is 5.11 Å². The predicted octanol–water partition coefficient (Wildman–Crippen LogP) is 6.18. The number of benzene rings is 3. The second-order valence-electron chi connectivity index (χ2n) is 24.0. The van der Waals surface area contributed by atoms with Gasteiger partial charge in [-0.1, -0.05) is 121 Å². The molecule has 4 fully saturated rings. The van der Waals surface area contributed by atoms with Gasteiger partial charge in [-0.3, -0.25) is 38.5 Å². The summed E-state index contributed by atoms with van der Waals surface area (Å²) >= 11 is 0. The molecule has 446 valence electrons. The number of likely N-dealkylation sites (N-methyl/N-ethyl adjacent to an activating group) is 2. The van der Waals surface area contributed by atoms with Crippen molar-refractivity contribution in [2.45, 2.75) is 209 Å². The molecule has 20 heteroatoms. The van der Waals surface area contributed by atoms with E-state index >= 15 is 0 Å². The molecular weight excluding hydrogens is 1050 g/mol. The molecule has 1 unspecified atom stereocenters. The molecule has 20 nitrogen and oxygen atoms in total. The van der Waals surface area contributed by atoms with Crippen LogP contribution < -0.4 is 31.9 Å². The summed E-state index contributed by atoms with van der Waals surface area (Å²) in [6, 6.07) is 23.9. The lowest BCUT2D eigenvalue weighted by molar-refractivity contribution is -0.144. The summed E-state index contributed by atoms with van der Waals surface area (Å²) in [5.41, 5.74) is 4.24. The molecule has 4 saturated heterocycles. The Bertz CT molecular complexity index is 2850. The van der Waals surface area contributed by atoms with E-state index < -0.39 is 53.9 Å². The van der Waals surface area contributed by atoms with Crippen molar-refractivity contribution in [1.29, 1.82) is 0 Å². The highest BCUT2D eigenvalue weighted by molar-refractivity contribution is 5.95. The van der Waals surface area contributed by atoms with Crippen molar-refractivity contribution < 1.29 is 28.8 Å². The van der Waals surface area contributed by atoms with E-state index in [1.165, 1.54) is 11.1 Å². The van der Waals surface area contributed by atoms with Gasteiger partial charge in [0.2, 0.25) is 35.4 Å². The van der Waals surface area contributed by atoms with Crippen LogP contribution in [0.5, 0.6) is 0 Å². The minimum absolute atomic E-state index is 0.0424. The van der Waals surface area contributed by atoms with Crippen LogP contribution in [0.15, 0.2) is 101 Å². The molecule has 1 aromatic heterocycles. The fourth-order valence-corrected chi connectivity index (χ4v) is 12.9. The molecule has 3 aromatic carbocycles. The van der Waals surface area contributed by atoms with Crippen molar-refractivity contribution in [2.24, 2.45) is 10.3 Å². The number of unbranched alkanes of at least 4 members (excludes halogenated alkanes) is 2. The molecule has 0 aliphatic carbocycles. The van der Waals surface area contributed by atoms with Gasteiger partial charge < -0.3 is 41.7 Å². The van der Waals surface area contributed by atoms with Crippen molar-refractivity contribution in [1.82, 2.24) is 61.7 Å². The number of hydrogen-bond donors (Lipinski definition) is 6. The number of nitrogens with zero attached hydrogens (tertiary/aromatic N) is 8. The molecule has 6 N–H and O–H groups in total. The van der Waals surface area contributed by atoms with Crippen molar-refractivity contribution in [3.05, 3.63) is 119 Å². The second-order valence-corrected chi connectivity index (χ2v) is 24.0. The van der Waals surface area contributed by atoms with E-state index in [1.807, 2.05) is 83.5 Å². The molecule has 6 amide bonds. The summed E-state index contributed by atoms with van der Waals surface area (Å²) < 4.78 is 1.84. The van der Waals surface area contributed by atoms with Gasteiger partial charge in [0.25, 0.3) is 0 Å². The highest BCUT2D eigenvalue weighted by atomic mass is 16.2. The van der Waals surface area contributed by atoms with E-state index in [0.29, 0.717) is 44.5 Å². The molecule has 9 rings (SSSR count). The van der Waals surface area contributed by atoms with Crippen molar-refractivity contribution in [2.75, 3.05) is 27.2 Å². The van der Waals surface area contributed by atoms with Crippen LogP contribution in [0.25, 0.3) is 0 Å². The number of amides is 6. The maximum atomic E-state index is 14.5. The molecule has 83 heavy (non-hydrogen) atoms. The standard InChI is InChI=1S/C63H88N14O6/c1-42(64-4)57(78)66-50-28-14-12-26-48-34-36-53(76(48)61(50)82)59(80)68-55(46-22-8-6-9-23-46)52-40-74(72-70-52)38-18-16-20-44-30-32-45(33-31-44)21-17-19-39-75-41-63(3,71-73-75)56(47-24-10-7-11-25-47)69-60(81)54-37-35-49-27-13-15-29-51(62(83)77(49)54)67-58(79)43(2)65-5/h6-11,22-25,30-33,40,42-43,48-51,53-56,64-65H,12-21,26-29,34-39,41H2,1-5H3,(H,66,78)(H,67,79)(H,68,80)(H,69,81)/t42-,43-,48-,49-,50-,51-,53-,54-,55-,56-,63?/m0/s1. The lowest BCUT2D eigenvalue weighted by Crippen LogP contribution is -2.58. The molecule has 6 heterocycles. The van der Waals surface area contributed by atoms with Gasteiger partial charge in [-0.05, 0) is 147 Å². The molecule has 4 aromatic rings. The zero-order valence-electron chi connectivity index (χ0n) is 49.3. The van der Waals surface area contributed by atoms with Gasteiger partial charge in [0.1, 0.15) is 35.4 Å². The molecule has 0 spiro atoms. The number of carbonyl (C=O) groups excluding carboxylic acids is 6. The third kappa shape index (κ3) is 15.0. The first-order valence-electron chi connectivity index (χ1n) is 30.7. The van der Waals surface area contributed by atoms with Crippen LogP contribution in [-0.2, 0) is 48.2 Å². The Morgan fingerprint density at radius 3 is 1.63 bits per heavy atom. The fraction of sp³-hybridized carbons (Fsp3) is 0.587. The lowest BCUT2D eigenvalue weighted by atomic mass is 9.87. The Labute approximate surface area is 489 Å². The van der Waals surface area contributed by atoms with Crippen LogP contribution >= 0.6 is 0 Å². The van der Waals surface area contributed by atoms with Crippen LogP contribution in [0, 0.1) is 0 Å². The predicted molar refractivity (Wildman–Crippen MR) is 316 cm³/mol. The number of carbonyl (C=O) groups is 6. The fourth-order valence-electron chi connectivity index (χ4n) is 12.9. The molecular formula is C63H88N14O6. The van der Waals surface area contributed by atoms with Gasteiger partial charge in [0.15, 0.2) is 0 Å². The first kappa shape index (κ1) is 60.5. The van der Waals surface area contributed by atoms with Crippen LogP contribution in [0.1, 0.15) is 164 Å². The minimum atomic E-state index is -0.746. The molecule has 5 aliphatic heterocycles. The Hall–Kier alpha value is -7.06. The van der Waals surface area contributed by atoms with Crippen LogP contribution in [0.3, 0.4) is 0 Å². The molecule has 0 saturated carbocycles. The molecule has 11 atom stereocenters. The number of hydrogen-bond acceptors (Lipinski definition) is 13. The summed E-state index contributed by atoms with van der Waals surface area (Å²) in [5, 5.41) is 39.0. The number of fused-ring (bicyclic) bond motifs is 2. The average molecular weight is 1140 g/mol. The van der Waals surface area contributed by atoms with E-state index in [0.717, 1.165) is 108 Å². The summed E-state index contributed by atoms with van der Waals surface area (Å²) in [4.78, 5) is 86.3. The van der Waals surface area contributed by atoms with E-state index in [-0.39, 0.29) is 47.5 Å². The Kier molecular flexibility index (Phi) is 20.8. The zero-order valence-corrected chi connectivity index (χ0v) is 49.3. The van der Waals surface area contributed by atoms with Crippen LogP contribution in [0.2, 0.25) is 0 Å². The van der Waals surface area contributed by atoms with E-state index in [9.17, 15) is 28.8 Å². The zero-order chi connectivity index (χ0) is 58.5. The summed E-state index contributed by atoms with van der Waals surface area (Å²) in [7, 11) is 3.43. The minimum Gasteiger partial charge on any atom is -0.345 e. The first-order valence-corrected chi connectivity index (χ1v) is 30.7. The number of aromatic nitrogens is 3. The number of nitrogens with one attached hydrogen (secondary N) is 6. The lowest BCUT2D eigenvalue weighted by Gasteiger charge is -2.37. The largest absolute Gasteiger partial charge is 0.345 e. The van der Waals surface area contributed by atoms with E-state index in [4.69, 9.17) is 5.11 Å². The quantitative estimate of drug-likeness (QED) is 0.0433. The van der Waals surface area contributed by atoms with Gasteiger partial charge in [-0.25, -0.2) is 0 Å². The van der Waals surface area contributed by atoms with E-state index in [2.05, 4.69) is 71.7 Å². The highest BCUT2D eigenvalue weighted by Crippen LogP contribution is 2.38. The molecule has 0 bridgehead atoms. The maximum absolute atomic E-state index is 14.5. The third-order valence-electron chi connectivity index (χ3n) is 18.0. The summed E-state index contributed by atoms with van der Waals surface area (Å²) in [5.74, 6) is -1.26. The smallest absolute Gasteiger partial charge is 0.246 e. The van der Waals surface area contributed by atoms with Gasteiger partial charge in [0.05, 0.1) is 36.9 Å². The van der Waals surface area contributed by atoms with E-state index in [1.54, 1.807) is 37.7 Å². The highest BCUT2D eigenvalue weighted by Gasteiger charge is 2.48. The van der Waals surface area contributed by atoms with Crippen LogP contribution in [0.4, 0.5) is 0 Å². The molecule has 0 radical (unpaired) electrons.